The lowest BCUT2D eigenvalue weighted by molar-refractivity contribution is -0.134. The Morgan fingerprint density at radius 1 is 1.23 bits per heavy atom. The number of sulfonamides is 1. The Kier molecular flexibility index (Phi) is 5.72. The van der Waals surface area contributed by atoms with Gasteiger partial charge in [-0.3, -0.25) is 9.59 Å². The third-order valence-electron chi connectivity index (χ3n) is 5.61. The number of amides is 2. The number of hydrogen-bond acceptors (Lipinski definition) is 5. The van der Waals surface area contributed by atoms with Crippen molar-refractivity contribution in [3.63, 3.8) is 0 Å². The summed E-state index contributed by atoms with van der Waals surface area (Å²) in [6.45, 7) is 5.17. The zero-order valence-electron chi connectivity index (χ0n) is 15.7. The molecule has 2 atom stereocenters. The second-order valence-corrected chi connectivity index (χ2v) is 9.36. The van der Waals surface area contributed by atoms with Crippen molar-refractivity contribution in [3.05, 3.63) is 11.8 Å². The maximum Gasteiger partial charge on any atom is 0.246 e. The monoisotopic (exact) mass is 383 g/mol. The molecular weight excluding hydrogens is 354 g/mol. The summed E-state index contributed by atoms with van der Waals surface area (Å²) in [5.41, 5.74) is 0.474. The Hall–Kier alpha value is -1.41. The highest BCUT2D eigenvalue weighted by Crippen LogP contribution is 2.40. The van der Waals surface area contributed by atoms with Gasteiger partial charge in [0.2, 0.25) is 21.8 Å². The first-order valence-corrected chi connectivity index (χ1v) is 11.5. The van der Waals surface area contributed by atoms with E-state index in [2.05, 4.69) is 4.90 Å². The molecule has 3 rings (SSSR count). The molecular formula is C18H29N3O4S. The largest absolute Gasteiger partial charge is 0.329 e. The zero-order valence-corrected chi connectivity index (χ0v) is 16.5. The summed E-state index contributed by atoms with van der Waals surface area (Å²) in [6.07, 6.45) is 8.19. The maximum atomic E-state index is 12.8. The molecule has 2 saturated heterocycles. The van der Waals surface area contributed by atoms with Gasteiger partial charge in [0, 0.05) is 19.5 Å². The van der Waals surface area contributed by atoms with E-state index >= 15 is 0 Å². The molecule has 7 nitrogen and oxygen atoms in total. The molecule has 0 saturated carbocycles. The summed E-state index contributed by atoms with van der Waals surface area (Å²) >= 11 is 0. The molecule has 0 unspecified atom stereocenters. The number of carbonyl (C=O) groups is 2. The number of hydrogen-bond donors (Lipinski definition) is 0. The van der Waals surface area contributed by atoms with Gasteiger partial charge in [0.1, 0.15) is 0 Å². The fourth-order valence-electron chi connectivity index (χ4n) is 4.41. The molecule has 2 amide bonds. The van der Waals surface area contributed by atoms with Gasteiger partial charge in [-0.1, -0.05) is 19.8 Å². The first-order chi connectivity index (χ1) is 12.3. The van der Waals surface area contributed by atoms with Crippen molar-refractivity contribution >= 4 is 21.8 Å². The quantitative estimate of drug-likeness (QED) is 0.688. The fraction of sp³-hybridized carbons (Fsp3) is 0.778. The summed E-state index contributed by atoms with van der Waals surface area (Å²) in [5, 5.41) is 0. The summed E-state index contributed by atoms with van der Waals surface area (Å²) in [5.74, 6) is -0.836. The Bertz CT molecular complexity index is 697. The lowest BCUT2D eigenvalue weighted by atomic mass is 9.96. The van der Waals surface area contributed by atoms with Gasteiger partial charge in [-0.25, -0.2) is 12.7 Å². The molecule has 0 aliphatic carbocycles. The second-order valence-electron chi connectivity index (χ2n) is 7.53. The summed E-state index contributed by atoms with van der Waals surface area (Å²) in [6, 6.07) is -0.425. The molecule has 0 aromatic heterocycles. The lowest BCUT2D eigenvalue weighted by Gasteiger charge is -2.30. The molecule has 8 heteroatoms. The van der Waals surface area contributed by atoms with Crippen molar-refractivity contribution in [1.29, 1.82) is 0 Å². The van der Waals surface area contributed by atoms with Crippen LogP contribution in [-0.2, 0) is 19.6 Å². The molecule has 0 spiro atoms. The predicted molar refractivity (Wildman–Crippen MR) is 98.6 cm³/mol. The van der Waals surface area contributed by atoms with Gasteiger partial charge in [-0.2, -0.15) is 0 Å². The molecule has 3 aliphatic rings. The average Bonchev–Trinajstić information content (AvgIpc) is 3.12. The molecule has 146 valence electrons. The SMILES string of the molecule is CCC[C@@H]1C(=O)N(S(C)(=O)=O)C2=CCN(C(=O)CCN3CCCCC3)[C@H]21. The first-order valence-electron chi connectivity index (χ1n) is 9.60. The van der Waals surface area contributed by atoms with E-state index in [1.54, 1.807) is 11.0 Å². The smallest absolute Gasteiger partial charge is 0.246 e. The van der Waals surface area contributed by atoms with Crippen molar-refractivity contribution in [2.75, 3.05) is 32.4 Å². The summed E-state index contributed by atoms with van der Waals surface area (Å²) in [4.78, 5) is 29.5. The summed E-state index contributed by atoms with van der Waals surface area (Å²) in [7, 11) is -3.67. The van der Waals surface area contributed by atoms with Gasteiger partial charge in [-0.15, -0.1) is 0 Å². The van der Waals surface area contributed by atoms with E-state index in [4.69, 9.17) is 0 Å². The Morgan fingerprint density at radius 2 is 1.92 bits per heavy atom. The van der Waals surface area contributed by atoms with Gasteiger partial charge in [0.05, 0.1) is 23.9 Å². The summed E-state index contributed by atoms with van der Waals surface area (Å²) < 4.78 is 25.1. The molecule has 2 fully saturated rings. The second kappa shape index (κ2) is 7.68. The van der Waals surface area contributed by atoms with Gasteiger partial charge >= 0.3 is 0 Å². The first kappa shape index (κ1) is 19.4. The van der Waals surface area contributed by atoms with E-state index in [-0.39, 0.29) is 11.8 Å². The van der Waals surface area contributed by atoms with Crippen molar-refractivity contribution in [2.45, 2.75) is 51.5 Å². The van der Waals surface area contributed by atoms with Crippen LogP contribution in [0.25, 0.3) is 0 Å². The van der Waals surface area contributed by atoms with Crippen LogP contribution in [0.3, 0.4) is 0 Å². The average molecular weight is 384 g/mol. The van der Waals surface area contributed by atoms with E-state index in [1.165, 1.54) is 19.3 Å². The van der Waals surface area contributed by atoms with E-state index in [9.17, 15) is 18.0 Å². The Balaban J connectivity index is 1.72. The number of rotatable bonds is 6. The number of likely N-dealkylation sites (tertiary alicyclic amines) is 1. The molecule has 3 aliphatic heterocycles. The van der Waals surface area contributed by atoms with E-state index in [1.807, 2.05) is 6.92 Å². The van der Waals surface area contributed by atoms with E-state index < -0.39 is 22.0 Å². The highest BCUT2D eigenvalue weighted by atomic mass is 32.2. The minimum Gasteiger partial charge on any atom is -0.329 e. The highest BCUT2D eigenvalue weighted by Gasteiger charge is 2.53. The number of piperidine rings is 1. The van der Waals surface area contributed by atoms with Crippen molar-refractivity contribution in [3.8, 4) is 0 Å². The molecule has 0 bridgehead atoms. The Morgan fingerprint density at radius 3 is 2.54 bits per heavy atom. The van der Waals surface area contributed by atoms with Gasteiger partial charge in [-0.05, 0) is 38.4 Å². The van der Waals surface area contributed by atoms with Gasteiger partial charge in [0.25, 0.3) is 0 Å². The van der Waals surface area contributed by atoms with Crippen LogP contribution < -0.4 is 0 Å². The topological polar surface area (TPSA) is 78.0 Å². The van der Waals surface area contributed by atoms with Crippen molar-refractivity contribution in [1.82, 2.24) is 14.1 Å². The molecule has 0 aromatic rings. The van der Waals surface area contributed by atoms with E-state index in [0.29, 0.717) is 25.1 Å². The molecule has 3 heterocycles. The van der Waals surface area contributed by atoms with Crippen LogP contribution in [0.2, 0.25) is 0 Å². The predicted octanol–water partition coefficient (Wildman–Crippen LogP) is 1.18. The highest BCUT2D eigenvalue weighted by molar-refractivity contribution is 7.89. The number of nitrogens with zero attached hydrogens (tertiary/aromatic N) is 3. The van der Waals surface area contributed by atoms with Crippen molar-refractivity contribution in [2.24, 2.45) is 5.92 Å². The van der Waals surface area contributed by atoms with Crippen LogP contribution >= 0.6 is 0 Å². The van der Waals surface area contributed by atoms with Crippen LogP contribution in [0, 0.1) is 5.92 Å². The van der Waals surface area contributed by atoms with Crippen LogP contribution in [0.4, 0.5) is 0 Å². The van der Waals surface area contributed by atoms with Crippen LogP contribution in [0.1, 0.15) is 45.4 Å². The maximum absolute atomic E-state index is 12.8. The van der Waals surface area contributed by atoms with Gasteiger partial charge in [0.15, 0.2) is 0 Å². The van der Waals surface area contributed by atoms with Crippen LogP contribution in [0.5, 0.6) is 0 Å². The standard InChI is InChI=1S/C18H29N3O4S/c1-3-7-14-17-15(21(18(14)23)26(2,24)25)8-13-20(17)16(22)9-12-19-10-5-4-6-11-19/h8,14,17H,3-7,9-13H2,1-2H3/t14-,17-/m0/s1. The molecule has 0 aromatic carbocycles. The Labute approximate surface area is 156 Å². The lowest BCUT2D eigenvalue weighted by Crippen LogP contribution is -2.42. The molecule has 0 radical (unpaired) electrons. The number of fused-ring (bicyclic) bond motifs is 1. The van der Waals surface area contributed by atoms with Crippen LogP contribution in [-0.4, -0.2) is 72.8 Å². The third-order valence-corrected chi connectivity index (χ3v) is 6.67. The van der Waals surface area contributed by atoms with Crippen LogP contribution in [0.15, 0.2) is 11.8 Å². The minimum atomic E-state index is -3.67. The zero-order chi connectivity index (χ0) is 18.9. The van der Waals surface area contributed by atoms with E-state index in [0.717, 1.165) is 36.6 Å². The number of carbonyl (C=O) groups excluding carboxylic acids is 2. The van der Waals surface area contributed by atoms with Crippen molar-refractivity contribution < 1.29 is 18.0 Å². The normalized spacial score (nSPS) is 27.0. The third kappa shape index (κ3) is 3.67. The molecule has 26 heavy (non-hydrogen) atoms. The fourth-order valence-corrected chi connectivity index (χ4v) is 5.44. The van der Waals surface area contributed by atoms with Gasteiger partial charge < -0.3 is 9.80 Å². The minimum absolute atomic E-state index is 0.0103. The molecule has 0 N–H and O–H groups in total.